The Labute approximate surface area is 127 Å². The van der Waals surface area contributed by atoms with Crippen LogP contribution in [0.3, 0.4) is 0 Å². The minimum absolute atomic E-state index is 0.0650. The maximum Gasteiger partial charge on any atom is 0.314 e. The highest BCUT2D eigenvalue weighted by molar-refractivity contribution is 5.75. The number of terminal acetylenes is 1. The van der Waals surface area contributed by atoms with Crippen LogP contribution in [0.15, 0.2) is 24.3 Å². The van der Waals surface area contributed by atoms with Gasteiger partial charge in [-0.15, -0.1) is 6.42 Å². The molecule has 0 atom stereocenters. The van der Waals surface area contributed by atoms with Crippen LogP contribution in [0, 0.1) is 24.2 Å². The third-order valence-corrected chi connectivity index (χ3v) is 4.39. The molecule has 1 aromatic carbocycles. The SMILES string of the molecule is C#Cc1ccc(OC(=O)C2CCC(CCCC)CC2)cc1. The monoisotopic (exact) mass is 284 g/mol. The molecule has 0 radical (unpaired) electrons. The molecule has 0 spiro atoms. The van der Waals surface area contributed by atoms with Gasteiger partial charge in [0.1, 0.15) is 5.75 Å². The van der Waals surface area contributed by atoms with Gasteiger partial charge in [0.25, 0.3) is 0 Å². The maximum absolute atomic E-state index is 12.2. The molecule has 2 heteroatoms. The molecule has 1 saturated carbocycles. The van der Waals surface area contributed by atoms with Gasteiger partial charge in [-0.05, 0) is 55.9 Å². The summed E-state index contributed by atoms with van der Waals surface area (Å²) in [5.41, 5.74) is 0.797. The van der Waals surface area contributed by atoms with E-state index in [0.717, 1.165) is 37.2 Å². The molecule has 2 nitrogen and oxygen atoms in total. The summed E-state index contributed by atoms with van der Waals surface area (Å²) in [5.74, 6) is 3.93. The summed E-state index contributed by atoms with van der Waals surface area (Å²) in [5, 5.41) is 0. The van der Waals surface area contributed by atoms with E-state index in [1.165, 1.54) is 19.3 Å². The predicted molar refractivity (Wildman–Crippen MR) is 85.0 cm³/mol. The molecule has 0 aliphatic heterocycles. The Kier molecular flexibility index (Phi) is 5.87. The molecule has 1 aliphatic carbocycles. The number of esters is 1. The van der Waals surface area contributed by atoms with Gasteiger partial charge in [0.05, 0.1) is 5.92 Å². The lowest BCUT2D eigenvalue weighted by Crippen LogP contribution is -2.25. The summed E-state index contributed by atoms with van der Waals surface area (Å²) in [6.45, 7) is 2.23. The van der Waals surface area contributed by atoms with Crippen LogP contribution in [0.25, 0.3) is 0 Å². The highest BCUT2D eigenvalue weighted by atomic mass is 16.5. The fourth-order valence-corrected chi connectivity index (χ4v) is 3.00. The van der Waals surface area contributed by atoms with Crippen molar-refractivity contribution in [2.75, 3.05) is 0 Å². The quantitative estimate of drug-likeness (QED) is 0.450. The molecule has 1 aliphatic rings. The first-order valence-electron chi connectivity index (χ1n) is 8.01. The number of ether oxygens (including phenoxy) is 1. The molecule has 0 heterocycles. The molecular formula is C19H24O2. The molecule has 2 rings (SSSR count). The number of rotatable bonds is 5. The average Bonchev–Trinajstić information content (AvgIpc) is 2.54. The molecule has 0 saturated heterocycles. The summed E-state index contributed by atoms with van der Waals surface area (Å²) in [6, 6.07) is 7.12. The number of hydrogen-bond acceptors (Lipinski definition) is 2. The molecule has 21 heavy (non-hydrogen) atoms. The summed E-state index contributed by atoms with van der Waals surface area (Å²) in [6.07, 6.45) is 13.4. The first kappa shape index (κ1) is 15.6. The number of carbonyl (C=O) groups excluding carboxylic acids is 1. The molecule has 1 fully saturated rings. The van der Waals surface area contributed by atoms with Gasteiger partial charge in [-0.25, -0.2) is 0 Å². The Hall–Kier alpha value is -1.75. The van der Waals surface area contributed by atoms with E-state index in [-0.39, 0.29) is 11.9 Å². The Morgan fingerprint density at radius 3 is 2.48 bits per heavy atom. The van der Waals surface area contributed by atoms with Crippen LogP contribution in [0.2, 0.25) is 0 Å². The van der Waals surface area contributed by atoms with Gasteiger partial charge < -0.3 is 4.74 Å². The molecule has 112 valence electrons. The van der Waals surface area contributed by atoms with E-state index in [2.05, 4.69) is 12.8 Å². The van der Waals surface area contributed by atoms with E-state index in [1.807, 2.05) is 0 Å². The van der Waals surface area contributed by atoms with E-state index >= 15 is 0 Å². The summed E-state index contributed by atoms with van der Waals surface area (Å²) in [4.78, 5) is 12.2. The molecule has 0 amide bonds. The lowest BCUT2D eigenvalue weighted by Gasteiger charge is -2.27. The van der Waals surface area contributed by atoms with Gasteiger partial charge in [0.15, 0.2) is 0 Å². The van der Waals surface area contributed by atoms with E-state index in [9.17, 15) is 4.79 Å². The molecule has 0 N–H and O–H groups in total. The highest BCUT2D eigenvalue weighted by Gasteiger charge is 2.27. The Bertz CT molecular complexity index is 487. The van der Waals surface area contributed by atoms with Gasteiger partial charge in [0.2, 0.25) is 0 Å². The zero-order valence-electron chi connectivity index (χ0n) is 12.8. The second-order valence-corrected chi connectivity index (χ2v) is 5.95. The number of hydrogen-bond donors (Lipinski definition) is 0. The van der Waals surface area contributed by atoms with Crippen LogP contribution in [-0.4, -0.2) is 5.97 Å². The largest absolute Gasteiger partial charge is 0.426 e. The Balaban J connectivity index is 1.80. The van der Waals surface area contributed by atoms with Crippen molar-refractivity contribution in [2.45, 2.75) is 51.9 Å². The lowest BCUT2D eigenvalue weighted by atomic mass is 9.80. The molecule has 0 bridgehead atoms. The topological polar surface area (TPSA) is 26.3 Å². The zero-order chi connectivity index (χ0) is 15.1. The second-order valence-electron chi connectivity index (χ2n) is 5.95. The van der Waals surface area contributed by atoms with Gasteiger partial charge in [0, 0.05) is 5.56 Å². The molecule has 0 unspecified atom stereocenters. The van der Waals surface area contributed by atoms with E-state index < -0.39 is 0 Å². The van der Waals surface area contributed by atoms with Crippen molar-refractivity contribution in [1.29, 1.82) is 0 Å². The fourth-order valence-electron chi connectivity index (χ4n) is 3.00. The summed E-state index contributed by atoms with van der Waals surface area (Å²) < 4.78 is 5.46. The normalized spacial score (nSPS) is 21.5. The van der Waals surface area contributed by atoms with Crippen molar-refractivity contribution in [1.82, 2.24) is 0 Å². The third kappa shape index (κ3) is 4.63. The van der Waals surface area contributed by atoms with E-state index in [1.54, 1.807) is 24.3 Å². The maximum atomic E-state index is 12.2. The van der Waals surface area contributed by atoms with Crippen LogP contribution in [0.4, 0.5) is 0 Å². The van der Waals surface area contributed by atoms with Gasteiger partial charge in [-0.1, -0.05) is 32.1 Å². The predicted octanol–water partition coefficient (Wildman–Crippen LogP) is 4.57. The Morgan fingerprint density at radius 1 is 1.24 bits per heavy atom. The van der Waals surface area contributed by atoms with Gasteiger partial charge >= 0.3 is 5.97 Å². The molecule has 1 aromatic rings. The number of unbranched alkanes of at least 4 members (excludes halogenated alkanes) is 1. The van der Waals surface area contributed by atoms with Gasteiger partial charge in [-0.3, -0.25) is 4.79 Å². The highest BCUT2D eigenvalue weighted by Crippen LogP contribution is 2.32. The van der Waals surface area contributed by atoms with Crippen molar-refractivity contribution in [3.05, 3.63) is 29.8 Å². The average molecular weight is 284 g/mol. The van der Waals surface area contributed by atoms with Gasteiger partial charge in [-0.2, -0.15) is 0 Å². The van der Waals surface area contributed by atoms with Crippen LogP contribution in [0.1, 0.15) is 57.4 Å². The fraction of sp³-hybridized carbons (Fsp3) is 0.526. The standard InChI is InChI=1S/C19H24O2/c1-3-5-6-16-7-11-17(12-8-16)19(20)21-18-13-9-15(4-2)10-14-18/h2,9-10,13-14,16-17H,3,5-8,11-12H2,1H3. The van der Waals surface area contributed by atoms with Crippen molar-refractivity contribution < 1.29 is 9.53 Å². The van der Waals surface area contributed by atoms with Crippen LogP contribution < -0.4 is 4.74 Å². The molecule has 0 aromatic heterocycles. The van der Waals surface area contributed by atoms with Crippen LogP contribution in [0.5, 0.6) is 5.75 Å². The summed E-state index contributed by atoms with van der Waals surface area (Å²) in [7, 11) is 0. The number of carbonyl (C=O) groups is 1. The second kappa shape index (κ2) is 7.88. The first-order chi connectivity index (χ1) is 10.2. The third-order valence-electron chi connectivity index (χ3n) is 4.39. The van der Waals surface area contributed by atoms with Crippen LogP contribution in [-0.2, 0) is 4.79 Å². The van der Waals surface area contributed by atoms with Crippen LogP contribution >= 0.6 is 0 Å². The van der Waals surface area contributed by atoms with E-state index in [0.29, 0.717) is 5.75 Å². The minimum Gasteiger partial charge on any atom is -0.426 e. The molecular weight excluding hydrogens is 260 g/mol. The van der Waals surface area contributed by atoms with Crippen molar-refractivity contribution in [3.63, 3.8) is 0 Å². The summed E-state index contributed by atoms with van der Waals surface area (Å²) >= 11 is 0. The zero-order valence-corrected chi connectivity index (χ0v) is 12.8. The first-order valence-corrected chi connectivity index (χ1v) is 8.01. The lowest BCUT2D eigenvalue weighted by molar-refractivity contribution is -0.140. The van der Waals surface area contributed by atoms with Crippen molar-refractivity contribution in [3.8, 4) is 18.1 Å². The smallest absolute Gasteiger partial charge is 0.314 e. The Morgan fingerprint density at radius 2 is 1.90 bits per heavy atom. The minimum atomic E-state index is -0.0857. The number of benzene rings is 1. The van der Waals surface area contributed by atoms with Crippen molar-refractivity contribution >= 4 is 5.97 Å². The van der Waals surface area contributed by atoms with E-state index in [4.69, 9.17) is 11.2 Å². The van der Waals surface area contributed by atoms with Crippen molar-refractivity contribution in [2.24, 2.45) is 11.8 Å².